The van der Waals surface area contributed by atoms with Crippen LogP contribution in [-0.2, 0) is 23.7 Å². The number of rotatable bonds is 8. The van der Waals surface area contributed by atoms with Crippen LogP contribution in [0.2, 0.25) is 0 Å². The molecule has 2 aliphatic rings. The first-order valence-corrected chi connectivity index (χ1v) is 9.56. The Morgan fingerprint density at radius 1 is 0.889 bits per heavy atom. The molecule has 0 aliphatic carbocycles. The van der Waals surface area contributed by atoms with E-state index >= 15 is 0 Å². The predicted molar refractivity (Wildman–Crippen MR) is 94.0 cm³/mol. The molecule has 1 aromatic carbocycles. The van der Waals surface area contributed by atoms with Gasteiger partial charge in [0.25, 0.3) is 0 Å². The van der Waals surface area contributed by atoms with E-state index in [-0.39, 0.29) is 12.2 Å². The second kappa shape index (κ2) is 10.4. The van der Waals surface area contributed by atoms with Crippen molar-refractivity contribution in [2.24, 2.45) is 11.8 Å². The first-order valence-electron chi connectivity index (χ1n) is 9.56. The largest absolute Gasteiger partial charge is 0.385 e. The third-order valence-corrected chi connectivity index (χ3v) is 4.99. The van der Waals surface area contributed by atoms with Crippen LogP contribution >= 0.6 is 0 Å². The number of hydrogen-bond acceptors (Lipinski definition) is 5. The van der Waals surface area contributed by atoms with Gasteiger partial charge in [-0.15, -0.1) is 0 Å². The molecular formula is C20H28F2O5. The fraction of sp³-hybridized carbons (Fsp3) is 0.700. The van der Waals surface area contributed by atoms with Crippen LogP contribution < -0.4 is 0 Å². The highest BCUT2D eigenvalue weighted by Crippen LogP contribution is 2.29. The smallest absolute Gasteiger partial charge is 0.183 e. The summed E-state index contributed by atoms with van der Waals surface area (Å²) < 4.78 is 54.4. The molecule has 5 nitrogen and oxygen atoms in total. The molecule has 0 N–H and O–H groups in total. The minimum Gasteiger partial charge on any atom is -0.385 e. The second-order valence-corrected chi connectivity index (χ2v) is 7.21. The molecule has 0 bridgehead atoms. The maximum absolute atomic E-state index is 13.3. The van der Waals surface area contributed by atoms with Gasteiger partial charge in [-0.1, -0.05) is 6.07 Å². The predicted octanol–water partition coefficient (Wildman–Crippen LogP) is 3.82. The molecule has 7 heteroatoms. The summed E-state index contributed by atoms with van der Waals surface area (Å²) in [4.78, 5) is 0. The molecule has 27 heavy (non-hydrogen) atoms. The number of halogens is 2. The van der Waals surface area contributed by atoms with Crippen molar-refractivity contribution in [2.45, 2.75) is 38.3 Å². The Balaban J connectivity index is 1.32. The minimum atomic E-state index is -0.894. The van der Waals surface area contributed by atoms with Crippen LogP contribution in [0.3, 0.4) is 0 Å². The summed E-state index contributed by atoms with van der Waals surface area (Å²) in [6.07, 6.45) is 2.91. The maximum Gasteiger partial charge on any atom is 0.183 e. The van der Waals surface area contributed by atoms with Crippen LogP contribution in [0.15, 0.2) is 18.2 Å². The zero-order valence-corrected chi connectivity index (χ0v) is 15.7. The molecule has 0 radical (unpaired) electrons. The van der Waals surface area contributed by atoms with E-state index in [9.17, 15) is 8.78 Å². The van der Waals surface area contributed by atoms with Crippen molar-refractivity contribution in [1.29, 1.82) is 0 Å². The highest BCUT2D eigenvalue weighted by Gasteiger charge is 2.27. The molecule has 2 aliphatic heterocycles. The summed E-state index contributed by atoms with van der Waals surface area (Å²) in [6, 6.07) is 3.69. The van der Waals surface area contributed by atoms with Gasteiger partial charge in [-0.2, -0.15) is 0 Å². The van der Waals surface area contributed by atoms with Crippen molar-refractivity contribution in [3.63, 3.8) is 0 Å². The molecule has 2 fully saturated rings. The molecule has 0 unspecified atom stereocenters. The van der Waals surface area contributed by atoms with Crippen LogP contribution in [0, 0.1) is 23.5 Å². The first kappa shape index (κ1) is 20.6. The van der Waals surface area contributed by atoms with Crippen LogP contribution in [0.25, 0.3) is 0 Å². The highest BCUT2D eigenvalue weighted by atomic mass is 19.2. The molecule has 1 aromatic rings. The monoisotopic (exact) mass is 386 g/mol. The molecule has 0 atom stereocenters. The molecular weight excluding hydrogens is 358 g/mol. The van der Waals surface area contributed by atoms with Crippen molar-refractivity contribution in [3.05, 3.63) is 35.4 Å². The van der Waals surface area contributed by atoms with Gasteiger partial charge >= 0.3 is 0 Å². The quantitative estimate of drug-likeness (QED) is 0.636. The van der Waals surface area contributed by atoms with Crippen LogP contribution in [-0.4, -0.2) is 46.4 Å². The van der Waals surface area contributed by atoms with Crippen molar-refractivity contribution in [1.82, 2.24) is 0 Å². The topological polar surface area (TPSA) is 46.2 Å². The zero-order chi connectivity index (χ0) is 19.1. The van der Waals surface area contributed by atoms with Gasteiger partial charge in [0.05, 0.1) is 26.4 Å². The van der Waals surface area contributed by atoms with E-state index in [1.807, 2.05) is 0 Å². The van der Waals surface area contributed by atoms with Crippen LogP contribution in [0.5, 0.6) is 0 Å². The van der Waals surface area contributed by atoms with E-state index in [0.717, 1.165) is 57.6 Å². The molecule has 0 spiro atoms. The lowest BCUT2D eigenvalue weighted by Crippen LogP contribution is -2.34. The average Bonchev–Trinajstić information content (AvgIpc) is 2.70. The molecule has 152 valence electrons. The maximum atomic E-state index is 13.3. The van der Waals surface area contributed by atoms with E-state index in [0.29, 0.717) is 24.7 Å². The van der Waals surface area contributed by atoms with Gasteiger partial charge in [-0.25, -0.2) is 8.78 Å². The number of methoxy groups -OCH3 is 1. The minimum absolute atomic E-state index is 0.174. The van der Waals surface area contributed by atoms with Crippen LogP contribution in [0.1, 0.15) is 37.5 Å². The van der Waals surface area contributed by atoms with E-state index in [2.05, 4.69) is 0 Å². The number of benzene rings is 1. The highest BCUT2D eigenvalue weighted by molar-refractivity contribution is 5.19. The lowest BCUT2D eigenvalue weighted by molar-refractivity contribution is -0.220. The zero-order valence-electron chi connectivity index (χ0n) is 15.7. The Bertz CT molecular complexity index is 569. The SMILES string of the molecule is COCCCC1COC(CCC2COC(c3ccc(F)c(F)c3)OC2)OC1. The van der Waals surface area contributed by atoms with Gasteiger partial charge in [0.2, 0.25) is 0 Å². The standard InChI is InChI=1S/C20H28F2O5/c1-23-8-2-3-14-10-24-19(25-11-14)7-4-15-12-26-20(27-13-15)16-5-6-17(21)18(22)9-16/h5-6,9,14-15,19-20H,2-4,7-8,10-13H2,1H3. The summed E-state index contributed by atoms with van der Waals surface area (Å²) in [6.45, 7) is 3.24. The van der Waals surface area contributed by atoms with Gasteiger partial charge in [-0.3, -0.25) is 0 Å². The van der Waals surface area contributed by atoms with Gasteiger partial charge in [0.1, 0.15) is 0 Å². The summed E-state index contributed by atoms with van der Waals surface area (Å²) in [5.74, 6) is -1.09. The van der Waals surface area contributed by atoms with E-state index in [1.165, 1.54) is 6.07 Å². The van der Waals surface area contributed by atoms with Crippen molar-refractivity contribution < 1.29 is 32.5 Å². The molecule has 0 amide bonds. The number of ether oxygens (including phenoxy) is 5. The summed E-state index contributed by atoms with van der Waals surface area (Å²) >= 11 is 0. The van der Waals surface area contributed by atoms with E-state index in [4.69, 9.17) is 23.7 Å². The fourth-order valence-corrected chi connectivity index (χ4v) is 3.37. The average molecular weight is 386 g/mol. The second-order valence-electron chi connectivity index (χ2n) is 7.21. The Labute approximate surface area is 158 Å². The lowest BCUT2D eigenvalue weighted by Gasteiger charge is -2.32. The van der Waals surface area contributed by atoms with E-state index < -0.39 is 17.9 Å². The van der Waals surface area contributed by atoms with Crippen molar-refractivity contribution in [2.75, 3.05) is 40.1 Å². The van der Waals surface area contributed by atoms with Crippen molar-refractivity contribution >= 4 is 0 Å². The Hall–Kier alpha value is -1.12. The van der Waals surface area contributed by atoms with Gasteiger partial charge in [-0.05, 0) is 37.8 Å². The third kappa shape index (κ3) is 6.19. The van der Waals surface area contributed by atoms with Crippen molar-refractivity contribution in [3.8, 4) is 0 Å². The molecule has 0 saturated carbocycles. The summed E-state index contributed by atoms with van der Waals surface area (Å²) in [7, 11) is 1.71. The Morgan fingerprint density at radius 2 is 1.56 bits per heavy atom. The number of hydrogen-bond donors (Lipinski definition) is 0. The van der Waals surface area contributed by atoms with Gasteiger partial charge in [0.15, 0.2) is 24.2 Å². The lowest BCUT2D eigenvalue weighted by atomic mass is 10.0. The summed E-state index contributed by atoms with van der Waals surface area (Å²) in [5.41, 5.74) is 0.491. The first-order chi connectivity index (χ1) is 13.2. The van der Waals surface area contributed by atoms with E-state index in [1.54, 1.807) is 7.11 Å². The molecule has 0 aromatic heterocycles. The summed E-state index contributed by atoms with van der Waals surface area (Å²) in [5, 5.41) is 0. The third-order valence-electron chi connectivity index (χ3n) is 4.99. The van der Waals surface area contributed by atoms with Crippen LogP contribution in [0.4, 0.5) is 8.78 Å². The Kier molecular flexibility index (Phi) is 7.96. The normalized spacial score (nSPS) is 29.0. The Morgan fingerprint density at radius 3 is 2.22 bits per heavy atom. The molecule has 2 saturated heterocycles. The molecule has 3 rings (SSSR count). The fourth-order valence-electron chi connectivity index (χ4n) is 3.37. The van der Waals surface area contributed by atoms with Gasteiger partial charge < -0.3 is 23.7 Å². The van der Waals surface area contributed by atoms with Gasteiger partial charge in [0, 0.05) is 31.1 Å². The molecule has 2 heterocycles.